The van der Waals surface area contributed by atoms with Gasteiger partial charge in [0.2, 0.25) is 5.76 Å². The van der Waals surface area contributed by atoms with Crippen LogP contribution < -0.4 is 5.43 Å². The first-order valence-electron chi connectivity index (χ1n) is 7.34. The Hall–Kier alpha value is -1.89. The van der Waals surface area contributed by atoms with Crippen LogP contribution in [0.25, 0.3) is 11.0 Å². The number of esters is 1. The molecule has 0 N–H and O–H groups in total. The van der Waals surface area contributed by atoms with E-state index in [1.807, 2.05) is 0 Å². The third-order valence-electron chi connectivity index (χ3n) is 3.63. The molecule has 0 radical (unpaired) electrons. The van der Waals surface area contributed by atoms with Gasteiger partial charge < -0.3 is 13.9 Å². The maximum Gasteiger partial charge on any atom is 0.374 e. The van der Waals surface area contributed by atoms with Crippen molar-refractivity contribution in [2.24, 2.45) is 0 Å². The number of nitrogens with zero attached hydrogens (tertiary/aromatic N) is 1. The molecule has 2 aromatic rings. The Labute approximate surface area is 137 Å². The zero-order chi connectivity index (χ0) is 16.2. The summed E-state index contributed by atoms with van der Waals surface area (Å²) in [5.41, 5.74) is -0.0177. The average molecular weight is 338 g/mol. The van der Waals surface area contributed by atoms with E-state index >= 15 is 0 Å². The predicted octanol–water partition coefficient (Wildman–Crippen LogP) is 1.94. The van der Waals surface area contributed by atoms with Gasteiger partial charge in [0.25, 0.3) is 0 Å². The van der Waals surface area contributed by atoms with Crippen molar-refractivity contribution in [1.82, 2.24) is 4.90 Å². The fraction of sp³-hybridized carbons (Fsp3) is 0.375. The minimum absolute atomic E-state index is 0.105. The Morgan fingerprint density at radius 1 is 1.26 bits per heavy atom. The molecule has 0 spiro atoms. The first kappa shape index (κ1) is 16.0. The first-order valence-corrected chi connectivity index (χ1v) is 7.72. The van der Waals surface area contributed by atoms with Crippen LogP contribution in [0.5, 0.6) is 0 Å². The second-order valence-corrected chi connectivity index (χ2v) is 5.64. The Morgan fingerprint density at radius 2 is 2.04 bits per heavy atom. The number of morpholine rings is 1. The number of fused-ring (bicyclic) bond motifs is 1. The molecule has 0 atom stereocenters. The molecule has 1 saturated heterocycles. The molecule has 0 saturated carbocycles. The Morgan fingerprint density at radius 3 is 2.83 bits per heavy atom. The number of carbonyl (C=O) groups is 1. The summed E-state index contributed by atoms with van der Waals surface area (Å²) in [6.45, 7) is 3.89. The van der Waals surface area contributed by atoms with E-state index in [9.17, 15) is 9.59 Å². The second-order valence-electron chi connectivity index (χ2n) is 5.21. The molecule has 0 bridgehead atoms. The van der Waals surface area contributed by atoms with E-state index in [1.54, 1.807) is 12.1 Å². The van der Waals surface area contributed by atoms with Crippen LogP contribution in [0.2, 0.25) is 5.02 Å². The summed E-state index contributed by atoms with van der Waals surface area (Å²) in [7, 11) is 0. The van der Waals surface area contributed by atoms with Crippen molar-refractivity contribution in [3.05, 3.63) is 45.3 Å². The molecule has 23 heavy (non-hydrogen) atoms. The van der Waals surface area contributed by atoms with Gasteiger partial charge >= 0.3 is 5.97 Å². The smallest absolute Gasteiger partial charge is 0.374 e. The van der Waals surface area contributed by atoms with Gasteiger partial charge in [0.05, 0.1) is 18.6 Å². The number of carbonyl (C=O) groups excluding carboxylic acids is 1. The number of halogens is 1. The first-order chi connectivity index (χ1) is 11.1. The van der Waals surface area contributed by atoms with Gasteiger partial charge in [-0.3, -0.25) is 9.69 Å². The molecular formula is C16H16ClNO5. The zero-order valence-electron chi connectivity index (χ0n) is 12.4. The summed E-state index contributed by atoms with van der Waals surface area (Å²) in [5.74, 6) is -0.751. The SMILES string of the molecule is O=C(OCCN1CCOCC1)c1cc(=O)c2cc(Cl)ccc2o1. The highest BCUT2D eigenvalue weighted by atomic mass is 35.5. The lowest BCUT2D eigenvalue weighted by Gasteiger charge is -2.26. The maximum atomic E-state index is 12.0. The van der Waals surface area contributed by atoms with Crippen molar-refractivity contribution in [1.29, 1.82) is 0 Å². The van der Waals surface area contributed by atoms with E-state index in [0.717, 1.165) is 19.2 Å². The monoisotopic (exact) mass is 337 g/mol. The normalized spacial score (nSPS) is 15.7. The van der Waals surface area contributed by atoms with Gasteiger partial charge in [0, 0.05) is 30.7 Å². The van der Waals surface area contributed by atoms with E-state index in [2.05, 4.69) is 4.90 Å². The second kappa shape index (κ2) is 7.12. The van der Waals surface area contributed by atoms with Crippen molar-refractivity contribution in [2.75, 3.05) is 39.5 Å². The standard InChI is InChI=1S/C16H16ClNO5/c17-11-1-2-14-12(9-11)13(19)10-15(23-14)16(20)22-8-5-18-3-6-21-7-4-18/h1-2,9-10H,3-8H2. The van der Waals surface area contributed by atoms with Gasteiger partial charge in [0.1, 0.15) is 12.2 Å². The van der Waals surface area contributed by atoms with Crippen LogP contribution in [0.1, 0.15) is 10.6 Å². The minimum Gasteiger partial charge on any atom is -0.458 e. The molecule has 1 aromatic heterocycles. The molecule has 1 aliphatic heterocycles. The van der Waals surface area contributed by atoms with Crippen molar-refractivity contribution in [3.8, 4) is 0 Å². The summed E-state index contributed by atoms with van der Waals surface area (Å²) in [6, 6.07) is 5.80. The van der Waals surface area contributed by atoms with Crippen LogP contribution in [0.15, 0.2) is 33.5 Å². The van der Waals surface area contributed by atoms with E-state index < -0.39 is 5.97 Å². The number of rotatable bonds is 4. The van der Waals surface area contributed by atoms with Crippen molar-refractivity contribution >= 4 is 28.5 Å². The van der Waals surface area contributed by atoms with Gasteiger partial charge in [-0.05, 0) is 18.2 Å². The molecule has 7 heteroatoms. The van der Waals surface area contributed by atoms with Gasteiger partial charge in [0.15, 0.2) is 5.43 Å². The molecule has 0 amide bonds. The average Bonchev–Trinajstić information content (AvgIpc) is 2.56. The summed E-state index contributed by atoms with van der Waals surface area (Å²) in [4.78, 5) is 26.2. The third-order valence-corrected chi connectivity index (χ3v) is 3.87. The molecule has 1 aliphatic rings. The van der Waals surface area contributed by atoms with Crippen LogP contribution in [0.4, 0.5) is 0 Å². The van der Waals surface area contributed by atoms with Crippen molar-refractivity contribution in [2.45, 2.75) is 0 Å². The molecule has 1 aromatic carbocycles. The summed E-state index contributed by atoms with van der Waals surface area (Å²) in [5, 5.41) is 0.771. The molecular weight excluding hydrogens is 322 g/mol. The van der Waals surface area contributed by atoms with Gasteiger partial charge in [-0.25, -0.2) is 4.79 Å². The highest BCUT2D eigenvalue weighted by Crippen LogP contribution is 2.18. The quantitative estimate of drug-likeness (QED) is 0.794. The highest BCUT2D eigenvalue weighted by molar-refractivity contribution is 6.31. The van der Waals surface area contributed by atoms with Crippen LogP contribution in [-0.2, 0) is 9.47 Å². The van der Waals surface area contributed by atoms with Gasteiger partial charge in [-0.15, -0.1) is 0 Å². The fourth-order valence-corrected chi connectivity index (χ4v) is 2.56. The minimum atomic E-state index is -0.646. The van der Waals surface area contributed by atoms with E-state index in [1.165, 1.54) is 6.07 Å². The van der Waals surface area contributed by atoms with E-state index in [-0.39, 0.29) is 17.8 Å². The lowest BCUT2D eigenvalue weighted by Crippen LogP contribution is -2.38. The Balaban J connectivity index is 1.66. The van der Waals surface area contributed by atoms with Crippen LogP contribution >= 0.6 is 11.6 Å². The number of benzene rings is 1. The van der Waals surface area contributed by atoms with Gasteiger partial charge in [-0.1, -0.05) is 11.6 Å². The third kappa shape index (κ3) is 3.90. The molecule has 0 unspecified atom stereocenters. The van der Waals surface area contributed by atoms with Crippen molar-refractivity contribution in [3.63, 3.8) is 0 Å². The molecule has 122 valence electrons. The number of hydrogen-bond acceptors (Lipinski definition) is 6. The Kier molecular flexibility index (Phi) is 4.95. The number of ether oxygens (including phenoxy) is 2. The molecule has 3 rings (SSSR count). The molecule has 1 fully saturated rings. The predicted molar refractivity (Wildman–Crippen MR) is 85.0 cm³/mol. The lowest BCUT2D eigenvalue weighted by molar-refractivity contribution is 0.0182. The number of hydrogen-bond donors (Lipinski definition) is 0. The van der Waals surface area contributed by atoms with Gasteiger partial charge in [-0.2, -0.15) is 0 Å². The fourth-order valence-electron chi connectivity index (χ4n) is 2.39. The zero-order valence-corrected chi connectivity index (χ0v) is 13.2. The van der Waals surface area contributed by atoms with E-state index in [4.69, 9.17) is 25.5 Å². The lowest BCUT2D eigenvalue weighted by atomic mass is 10.2. The van der Waals surface area contributed by atoms with Crippen LogP contribution in [0.3, 0.4) is 0 Å². The largest absolute Gasteiger partial charge is 0.458 e. The summed E-state index contributed by atoms with van der Waals surface area (Å²) >= 11 is 5.85. The summed E-state index contributed by atoms with van der Waals surface area (Å²) < 4.78 is 15.9. The molecule has 6 nitrogen and oxygen atoms in total. The van der Waals surface area contributed by atoms with Crippen LogP contribution in [-0.4, -0.2) is 50.3 Å². The molecule has 0 aliphatic carbocycles. The Bertz CT molecular complexity index is 767. The highest BCUT2D eigenvalue weighted by Gasteiger charge is 2.15. The van der Waals surface area contributed by atoms with E-state index in [0.29, 0.717) is 35.8 Å². The summed E-state index contributed by atoms with van der Waals surface area (Å²) in [6.07, 6.45) is 0. The van der Waals surface area contributed by atoms with Crippen molar-refractivity contribution < 1.29 is 18.7 Å². The van der Waals surface area contributed by atoms with Crippen LogP contribution in [0, 0.1) is 0 Å². The maximum absolute atomic E-state index is 12.0. The molecule has 2 heterocycles. The topological polar surface area (TPSA) is 69.0 Å².